The summed E-state index contributed by atoms with van der Waals surface area (Å²) in [6.07, 6.45) is 3.74. The van der Waals surface area contributed by atoms with Gasteiger partial charge in [0, 0.05) is 24.0 Å². The third-order valence-corrected chi connectivity index (χ3v) is 1.72. The topological polar surface area (TPSA) is 31.2 Å². The standard InChI is InChI=1S/C10H15NO2/c1-8(2)13-7-11-5-4-10(12)9(3)6-11/h4-6,8H,7H2,1-3H3. The van der Waals surface area contributed by atoms with E-state index in [9.17, 15) is 4.79 Å². The second kappa shape index (κ2) is 4.23. The number of pyridine rings is 1. The maximum absolute atomic E-state index is 11.1. The molecule has 1 aromatic rings. The molecule has 0 radical (unpaired) electrons. The van der Waals surface area contributed by atoms with E-state index in [4.69, 9.17) is 4.74 Å². The molecule has 0 spiro atoms. The zero-order chi connectivity index (χ0) is 9.84. The smallest absolute Gasteiger partial charge is 0.184 e. The van der Waals surface area contributed by atoms with Crippen molar-refractivity contribution in [3.8, 4) is 0 Å². The van der Waals surface area contributed by atoms with E-state index in [0.29, 0.717) is 6.73 Å². The Hall–Kier alpha value is -1.09. The Morgan fingerprint density at radius 3 is 2.77 bits per heavy atom. The van der Waals surface area contributed by atoms with Gasteiger partial charge in [-0.2, -0.15) is 0 Å². The monoisotopic (exact) mass is 181 g/mol. The zero-order valence-corrected chi connectivity index (χ0v) is 8.28. The first-order valence-electron chi connectivity index (χ1n) is 4.38. The Labute approximate surface area is 78.0 Å². The molecular weight excluding hydrogens is 166 g/mol. The summed E-state index contributed by atoms with van der Waals surface area (Å²) in [6, 6.07) is 1.55. The first kappa shape index (κ1) is 9.99. The lowest BCUT2D eigenvalue weighted by Gasteiger charge is -2.10. The predicted octanol–water partition coefficient (Wildman–Crippen LogP) is 1.54. The maximum atomic E-state index is 11.1. The third-order valence-electron chi connectivity index (χ3n) is 1.72. The number of aryl methyl sites for hydroxylation is 1. The summed E-state index contributed by atoms with van der Waals surface area (Å²) in [5.74, 6) is 0. The third kappa shape index (κ3) is 3.03. The van der Waals surface area contributed by atoms with Gasteiger partial charge in [-0.05, 0) is 20.8 Å². The van der Waals surface area contributed by atoms with E-state index < -0.39 is 0 Å². The molecule has 3 heteroatoms. The van der Waals surface area contributed by atoms with Crippen molar-refractivity contribution in [2.24, 2.45) is 0 Å². The molecule has 0 bridgehead atoms. The Morgan fingerprint density at radius 2 is 2.23 bits per heavy atom. The van der Waals surface area contributed by atoms with Gasteiger partial charge in [-0.1, -0.05) is 0 Å². The predicted molar refractivity (Wildman–Crippen MR) is 51.7 cm³/mol. The van der Waals surface area contributed by atoms with E-state index in [0.717, 1.165) is 5.56 Å². The van der Waals surface area contributed by atoms with Gasteiger partial charge in [0.15, 0.2) is 5.43 Å². The highest BCUT2D eigenvalue weighted by Crippen LogP contribution is 1.94. The molecule has 0 aliphatic rings. The highest BCUT2D eigenvalue weighted by Gasteiger charge is 1.95. The molecule has 0 saturated heterocycles. The minimum absolute atomic E-state index is 0.0702. The lowest BCUT2D eigenvalue weighted by molar-refractivity contribution is 0.0283. The number of hydrogen-bond donors (Lipinski definition) is 0. The molecule has 13 heavy (non-hydrogen) atoms. The highest BCUT2D eigenvalue weighted by atomic mass is 16.5. The first-order chi connectivity index (χ1) is 6.09. The van der Waals surface area contributed by atoms with Gasteiger partial charge in [0.05, 0.1) is 6.10 Å². The van der Waals surface area contributed by atoms with Gasteiger partial charge >= 0.3 is 0 Å². The molecule has 0 unspecified atom stereocenters. The molecule has 0 aliphatic heterocycles. The van der Waals surface area contributed by atoms with Crippen LogP contribution in [0.15, 0.2) is 23.3 Å². The molecule has 0 atom stereocenters. The number of nitrogens with zero attached hydrogens (tertiary/aromatic N) is 1. The molecular formula is C10H15NO2. The quantitative estimate of drug-likeness (QED) is 0.708. The summed E-state index contributed by atoms with van der Waals surface area (Å²) in [4.78, 5) is 11.1. The molecule has 0 aliphatic carbocycles. The van der Waals surface area contributed by atoms with E-state index in [1.807, 2.05) is 18.4 Å². The molecule has 0 amide bonds. The van der Waals surface area contributed by atoms with Crippen molar-refractivity contribution in [3.05, 3.63) is 34.2 Å². The van der Waals surface area contributed by atoms with Crippen LogP contribution in [0.1, 0.15) is 19.4 Å². The highest BCUT2D eigenvalue weighted by molar-refractivity contribution is 5.07. The van der Waals surface area contributed by atoms with Crippen LogP contribution >= 0.6 is 0 Å². The number of hydrogen-bond acceptors (Lipinski definition) is 2. The summed E-state index contributed by atoms with van der Waals surface area (Å²) in [5, 5.41) is 0. The van der Waals surface area contributed by atoms with Crippen LogP contribution in [0.5, 0.6) is 0 Å². The van der Waals surface area contributed by atoms with Gasteiger partial charge in [0.1, 0.15) is 6.73 Å². The van der Waals surface area contributed by atoms with Crippen LogP contribution in [0.3, 0.4) is 0 Å². The second-order valence-corrected chi connectivity index (χ2v) is 3.35. The fourth-order valence-electron chi connectivity index (χ4n) is 0.966. The fraction of sp³-hybridized carbons (Fsp3) is 0.500. The van der Waals surface area contributed by atoms with Gasteiger partial charge in [-0.15, -0.1) is 0 Å². The average Bonchev–Trinajstić information content (AvgIpc) is 2.07. The minimum atomic E-state index is 0.0702. The van der Waals surface area contributed by atoms with E-state index in [2.05, 4.69) is 0 Å². The molecule has 1 rings (SSSR count). The van der Waals surface area contributed by atoms with Gasteiger partial charge in [-0.25, -0.2) is 0 Å². The summed E-state index contributed by atoms with van der Waals surface area (Å²) in [7, 11) is 0. The molecule has 0 saturated carbocycles. The van der Waals surface area contributed by atoms with Gasteiger partial charge in [0.2, 0.25) is 0 Å². The van der Waals surface area contributed by atoms with Crippen molar-refractivity contribution >= 4 is 0 Å². The largest absolute Gasteiger partial charge is 0.358 e. The Kier molecular flexibility index (Phi) is 3.25. The average molecular weight is 181 g/mol. The van der Waals surface area contributed by atoms with Crippen LogP contribution < -0.4 is 5.43 Å². The summed E-state index contributed by atoms with van der Waals surface area (Å²) < 4.78 is 7.24. The van der Waals surface area contributed by atoms with E-state index in [-0.39, 0.29) is 11.5 Å². The van der Waals surface area contributed by atoms with Crippen LogP contribution in [-0.2, 0) is 11.5 Å². The van der Waals surface area contributed by atoms with Crippen molar-refractivity contribution in [1.82, 2.24) is 4.57 Å². The summed E-state index contributed by atoms with van der Waals surface area (Å²) in [5.41, 5.74) is 0.815. The Bertz CT molecular complexity index is 328. The van der Waals surface area contributed by atoms with Crippen molar-refractivity contribution in [2.75, 3.05) is 0 Å². The maximum Gasteiger partial charge on any atom is 0.184 e. The number of aromatic nitrogens is 1. The summed E-state index contributed by atoms with van der Waals surface area (Å²) >= 11 is 0. The fourth-order valence-corrected chi connectivity index (χ4v) is 0.966. The van der Waals surface area contributed by atoms with Crippen LogP contribution in [0.2, 0.25) is 0 Å². The summed E-state index contributed by atoms with van der Waals surface area (Å²) in [6.45, 7) is 6.26. The van der Waals surface area contributed by atoms with Gasteiger partial charge in [0.25, 0.3) is 0 Å². The zero-order valence-electron chi connectivity index (χ0n) is 8.28. The number of ether oxygens (including phenoxy) is 1. The van der Waals surface area contributed by atoms with E-state index >= 15 is 0 Å². The molecule has 0 fully saturated rings. The van der Waals surface area contributed by atoms with Crippen LogP contribution in [0, 0.1) is 6.92 Å². The first-order valence-corrected chi connectivity index (χ1v) is 4.38. The Balaban J connectivity index is 2.69. The number of rotatable bonds is 3. The SMILES string of the molecule is Cc1cn(COC(C)C)ccc1=O. The van der Waals surface area contributed by atoms with Crippen LogP contribution in [0.4, 0.5) is 0 Å². The second-order valence-electron chi connectivity index (χ2n) is 3.35. The molecule has 0 aromatic carbocycles. The van der Waals surface area contributed by atoms with Crippen LogP contribution in [-0.4, -0.2) is 10.7 Å². The van der Waals surface area contributed by atoms with Crippen molar-refractivity contribution in [2.45, 2.75) is 33.6 Å². The molecule has 3 nitrogen and oxygen atoms in total. The molecule has 1 aromatic heterocycles. The van der Waals surface area contributed by atoms with Gasteiger partial charge < -0.3 is 9.30 Å². The normalized spacial score (nSPS) is 10.8. The lowest BCUT2D eigenvalue weighted by Crippen LogP contribution is -2.12. The molecule has 0 N–H and O–H groups in total. The Morgan fingerprint density at radius 1 is 1.54 bits per heavy atom. The van der Waals surface area contributed by atoms with E-state index in [1.54, 1.807) is 25.4 Å². The van der Waals surface area contributed by atoms with Crippen molar-refractivity contribution < 1.29 is 4.74 Å². The van der Waals surface area contributed by atoms with Crippen molar-refractivity contribution in [1.29, 1.82) is 0 Å². The van der Waals surface area contributed by atoms with Gasteiger partial charge in [-0.3, -0.25) is 4.79 Å². The lowest BCUT2D eigenvalue weighted by atomic mass is 10.3. The minimum Gasteiger partial charge on any atom is -0.358 e. The van der Waals surface area contributed by atoms with E-state index in [1.165, 1.54) is 0 Å². The molecule has 1 heterocycles. The van der Waals surface area contributed by atoms with Crippen molar-refractivity contribution in [3.63, 3.8) is 0 Å². The van der Waals surface area contributed by atoms with Crippen LogP contribution in [0.25, 0.3) is 0 Å². The molecule has 72 valence electrons.